The highest BCUT2D eigenvalue weighted by Crippen LogP contribution is 2.49. The standard InChI is InChI=1S/C28H57O6PS/c1-5-8-10-12-13-14-15-16-17-19-21-24-36-26(22-20-18-11-9-6-2)25(4)34-28(27(29)30)35(31,32)33-23-7-3/h25-26,28H,5-24H2,1-4H3,(H,29,30)(H,31,32). The van der Waals surface area contributed by atoms with Crippen LogP contribution in [-0.2, 0) is 18.6 Å². The van der Waals surface area contributed by atoms with Gasteiger partial charge in [0, 0.05) is 5.25 Å². The van der Waals surface area contributed by atoms with Crippen LogP contribution in [0, 0.1) is 0 Å². The van der Waals surface area contributed by atoms with Crippen LogP contribution in [0.25, 0.3) is 0 Å². The molecule has 0 saturated carbocycles. The molecule has 0 aliphatic carbocycles. The normalized spacial score (nSPS) is 15.9. The van der Waals surface area contributed by atoms with Crippen LogP contribution in [0.4, 0.5) is 0 Å². The summed E-state index contributed by atoms with van der Waals surface area (Å²) in [4.78, 5) is 21.9. The van der Waals surface area contributed by atoms with Gasteiger partial charge < -0.3 is 19.3 Å². The van der Waals surface area contributed by atoms with E-state index in [0.717, 1.165) is 31.4 Å². The Morgan fingerprint density at radius 2 is 1.25 bits per heavy atom. The van der Waals surface area contributed by atoms with Gasteiger partial charge in [0.05, 0.1) is 12.7 Å². The lowest BCUT2D eigenvalue weighted by molar-refractivity contribution is -0.148. The van der Waals surface area contributed by atoms with Crippen molar-refractivity contribution in [2.75, 3.05) is 12.4 Å². The molecule has 216 valence electrons. The lowest BCUT2D eigenvalue weighted by atomic mass is 10.1. The molecule has 4 unspecified atom stereocenters. The Labute approximate surface area is 226 Å². The molecule has 0 aliphatic rings. The summed E-state index contributed by atoms with van der Waals surface area (Å²) < 4.78 is 23.2. The average Bonchev–Trinajstić information content (AvgIpc) is 2.84. The van der Waals surface area contributed by atoms with E-state index in [2.05, 4.69) is 13.8 Å². The van der Waals surface area contributed by atoms with Crippen LogP contribution in [0.2, 0.25) is 0 Å². The van der Waals surface area contributed by atoms with Gasteiger partial charge in [0.2, 0.25) is 0 Å². The predicted octanol–water partition coefficient (Wildman–Crippen LogP) is 9.19. The minimum atomic E-state index is -4.40. The number of hydrogen-bond acceptors (Lipinski definition) is 5. The van der Waals surface area contributed by atoms with Crippen LogP contribution in [-0.4, -0.2) is 45.5 Å². The molecule has 4 atom stereocenters. The SMILES string of the molecule is CCCCCCCCCCCCCSC(CCCCCCC)C(C)OC(C(=O)O)P(=O)(O)OCCC. The van der Waals surface area contributed by atoms with Gasteiger partial charge in [-0.2, -0.15) is 11.8 Å². The maximum atomic E-state index is 12.5. The first-order chi connectivity index (χ1) is 17.3. The van der Waals surface area contributed by atoms with Gasteiger partial charge in [-0.1, -0.05) is 117 Å². The second-order valence-electron chi connectivity index (χ2n) is 10.1. The van der Waals surface area contributed by atoms with E-state index in [9.17, 15) is 19.4 Å². The van der Waals surface area contributed by atoms with Crippen molar-refractivity contribution in [2.24, 2.45) is 0 Å². The number of aliphatic carboxylic acids is 1. The van der Waals surface area contributed by atoms with Gasteiger partial charge in [0.1, 0.15) is 0 Å². The number of carboxylic acid groups (broad SMARTS) is 1. The zero-order valence-electron chi connectivity index (χ0n) is 23.8. The summed E-state index contributed by atoms with van der Waals surface area (Å²) in [7, 11) is -4.40. The van der Waals surface area contributed by atoms with E-state index in [0.29, 0.717) is 6.42 Å². The first kappa shape index (κ1) is 35.9. The van der Waals surface area contributed by atoms with E-state index >= 15 is 0 Å². The first-order valence-electron chi connectivity index (χ1n) is 14.8. The van der Waals surface area contributed by atoms with E-state index < -0.39 is 25.5 Å². The highest BCUT2D eigenvalue weighted by Gasteiger charge is 2.42. The monoisotopic (exact) mass is 552 g/mol. The fourth-order valence-electron chi connectivity index (χ4n) is 4.26. The third-order valence-electron chi connectivity index (χ3n) is 6.53. The molecule has 0 aromatic carbocycles. The summed E-state index contributed by atoms with van der Waals surface area (Å²) in [5.41, 5.74) is 0. The predicted molar refractivity (Wildman–Crippen MR) is 154 cm³/mol. The largest absolute Gasteiger partial charge is 0.479 e. The molecule has 0 saturated heterocycles. The van der Waals surface area contributed by atoms with Crippen molar-refractivity contribution in [3.05, 3.63) is 0 Å². The molecule has 0 spiro atoms. The minimum Gasteiger partial charge on any atom is -0.479 e. The van der Waals surface area contributed by atoms with E-state index in [1.807, 2.05) is 18.7 Å². The highest BCUT2D eigenvalue weighted by atomic mass is 32.2. The number of unbranched alkanes of at least 4 members (excludes halogenated alkanes) is 14. The lowest BCUT2D eigenvalue weighted by Crippen LogP contribution is -2.34. The fourth-order valence-corrected chi connectivity index (χ4v) is 6.81. The Hall–Kier alpha value is -0.0700. The van der Waals surface area contributed by atoms with Crippen LogP contribution >= 0.6 is 19.4 Å². The quantitative estimate of drug-likeness (QED) is 0.0775. The summed E-state index contributed by atoms with van der Waals surface area (Å²) in [6, 6.07) is 0. The van der Waals surface area contributed by atoms with E-state index in [4.69, 9.17) is 9.26 Å². The van der Waals surface area contributed by atoms with Crippen LogP contribution in [0.5, 0.6) is 0 Å². The smallest absolute Gasteiger partial charge is 0.368 e. The molecule has 0 aromatic heterocycles. The van der Waals surface area contributed by atoms with Gasteiger partial charge in [0.25, 0.3) is 5.85 Å². The molecule has 2 N–H and O–H groups in total. The maximum absolute atomic E-state index is 12.5. The van der Waals surface area contributed by atoms with E-state index in [1.54, 1.807) is 6.92 Å². The van der Waals surface area contributed by atoms with Crippen molar-refractivity contribution in [1.29, 1.82) is 0 Å². The number of rotatable bonds is 27. The van der Waals surface area contributed by atoms with Crippen LogP contribution in [0.3, 0.4) is 0 Å². The van der Waals surface area contributed by atoms with Crippen molar-refractivity contribution in [3.63, 3.8) is 0 Å². The summed E-state index contributed by atoms with van der Waals surface area (Å²) in [6.07, 6.45) is 21.3. The van der Waals surface area contributed by atoms with Gasteiger partial charge in [-0.3, -0.25) is 4.57 Å². The molecule has 0 aliphatic heterocycles. The first-order valence-corrected chi connectivity index (χ1v) is 17.5. The van der Waals surface area contributed by atoms with Crippen LogP contribution < -0.4 is 0 Å². The molecular formula is C28H57O6PS. The lowest BCUT2D eigenvalue weighted by Gasteiger charge is -2.28. The highest BCUT2D eigenvalue weighted by molar-refractivity contribution is 7.99. The summed E-state index contributed by atoms with van der Waals surface area (Å²) in [5, 5.41) is 9.66. The molecule has 0 rings (SSSR count). The molecule has 0 aromatic rings. The van der Waals surface area contributed by atoms with Crippen LogP contribution in [0.1, 0.15) is 143 Å². The van der Waals surface area contributed by atoms with Gasteiger partial charge in [0.15, 0.2) is 0 Å². The molecule has 0 radical (unpaired) electrons. The Kier molecular flexibility index (Phi) is 24.0. The van der Waals surface area contributed by atoms with Crippen molar-refractivity contribution in [1.82, 2.24) is 0 Å². The minimum absolute atomic E-state index is 0.0315. The third kappa shape index (κ3) is 19.1. The molecule has 36 heavy (non-hydrogen) atoms. The van der Waals surface area contributed by atoms with Crippen molar-refractivity contribution >= 4 is 25.3 Å². The van der Waals surface area contributed by atoms with Crippen molar-refractivity contribution in [2.45, 2.75) is 160 Å². The third-order valence-corrected chi connectivity index (χ3v) is 9.59. The zero-order valence-corrected chi connectivity index (χ0v) is 25.5. The summed E-state index contributed by atoms with van der Waals surface area (Å²) >= 11 is 1.83. The number of hydrogen-bond donors (Lipinski definition) is 2. The Morgan fingerprint density at radius 3 is 1.72 bits per heavy atom. The topological polar surface area (TPSA) is 93.1 Å². The Bertz CT molecular complexity index is 562. The number of carbonyl (C=O) groups is 1. The van der Waals surface area contributed by atoms with Crippen molar-refractivity contribution < 1.29 is 28.6 Å². The summed E-state index contributed by atoms with van der Waals surface area (Å²) in [5.74, 6) is -2.28. The number of thioether (sulfide) groups is 1. The Morgan fingerprint density at radius 1 is 0.778 bits per heavy atom. The molecule has 8 heteroatoms. The van der Waals surface area contributed by atoms with Crippen LogP contribution in [0.15, 0.2) is 0 Å². The molecule has 0 bridgehead atoms. The molecule has 6 nitrogen and oxygen atoms in total. The van der Waals surface area contributed by atoms with Gasteiger partial charge in [-0.15, -0.1) is 0 Å². The van der Waals surface area contributed by atoms with E-state index in [1.165, 1.54) is 83.5 Å². The second kappa shape index (κ2) is 24.0. The van der Waals surface area contributed by atoms with Crippen molar-refractivity contribution in [3.8, 4) is 0 Å². The Balaban J connectivity index is 4.55. The van der Waals surface area contributed by atoms with E-state index in [-0.39, 0.29) is 11.9 Å². The van der Waals surface area contributed by atoms with Gasteiger partial charge >= 0.3 is 13.6 Å². The maximum Gasteiger partial charge on any atom is 0.368 e. The fraction of sp³-hybridized carbons (Fsp3) is 0.964. The zero-order chi connectivity index (χ0) is 27.1. The van der Waals surface area contributed by atoms with Gasteiger partial charge in [-0.05, 0) is 31.9 Å². The number of ether oxygens (including phenoxy) is 1. The second-order valence-corrected chi connectivity index (χ2v) is 13.3. The number of carboxylic acids is 1. The molecule has 0 amide bonds. The molecular weight excluding hydrogens is 495 g/mol. The molecule has 0 fully saturated rings. The molecule has 0 heterocycles. The summed E-state index contributed by atoms with van der Waals surface area (Å²) in [6.45, 7) is 8.12. The average molecular weight is 553 g/mol. The van der Waals surface area contributed by atoms with Gasteiger partial charge in [-0.25, -0.2) is 4.79 Å².